The Balaban J connectivity index is 0.00000264. The second kappa shape index (κ2) is 7.95. The number of benzene rings is 1. The first-order chi connectivity index (χ1) is 10.5. The summed E-state index contributed by atoms with van der Waals surface area (Å²) in [5.41, 5.74) is 0.205. The number of aromatic hydroxyl groups is 1. The number of nitro groups is 1. The van der Waals surface area contributed by atoms with Crippen molar-refractivity contribution in [2.75, 3.05) is 12.4 Å². The quantitative estimate of drug-likeness (QED) is 0.381. The highest BCUT2D eigenvalue weighted by Crippen LogP contribution is 2.28. The number of rotatable bonds is 5. The standard InChI is InChI=1S/C14H13N3O5.ClH/c1-22-13-7-10(17(20)21)4-5-12(13)15-14(19)9-16-6-2-3-11(18)8-16;/h2-8H,9H2,1H3,(H-,15,18,19);1H. The van der Waals surface area contributed by atoms with Gasteiger partial charge in [0.25, 0.3) is 11.6 Å². The lowest BCUT2D eigenvalue weighted by Gasteiger charge is -2.08. The van der Waals surface area contributed by atoms with Crippen LogP contribution in [-0.2, 0) is 11.3 Å². The summed E-state index contributed by atoms with van der Waals surface area (Å²) in [6.07, 6.45) is 3.04. The summed E-state index contributed by atoms with van der Waals surface area (Å²) in [6, 6.07) is 7.02. The molecule has 2 rings (SSSR count). The van der Waals surface area contributed by atoms with Gasteiger partial charge in [0.15, 0.2) is 11.9 Å². The first-order valence-corrected chi connectivity index (χ1v) is 6.30. The van der Waals surface area contributed by atoms with Crippen molar-refractivity contribution in [3.8, 4) is 11.5 Å². The number of nitrogens with one attached hydrogen (secondary N) is 1. The molecule has 0 aliphatic rings. The molecule has 2 aromatic rings. The molecule has 8 nitrogen and oxygen atoms in total. The number of aromatic nitrogens is 1. The molecule has 0 radical (unpaired) electrons. The topological polar surface area (TPSA) is 106 Å². The van der Waals surface area contributed by atoms with Crippen LogP contribution in [0.15, 0.2) is 42.7 Å². The monoisotopic (exact) mass is 339 g/mol. The average molecular weight is 340 g/mol. The highest BCUT2D eigenvalue weighted by atomic mass is 35.5. The number of methoxy groups -OCH3 is 1. The molecule has 1 aromatic heterocycles. The molecule has 0 atom stereocenters. The molecule has 9 heteroatoms. The molecule has 0 aliphatic heterocycles. The van der Waals surface area contributed by atoms with E-state index in [4.69, 9.17) is 4.74 Å². The van der Waals surface area contributed by atoms with Crippen molar-refractivity contribution < 1.29 is 36.5 Å². The smallest absolute Gasteiger partial charge is 0.290 e. The molecular weight excluding hydrogens is 326 g/mol. The second-order valence-electron chi connectivity index (χ2n) is 4.42. The minimum Gasteiger partial charge on any atom is -1.00 e. The lowest BCUT2D eigenvalue weighted by atomic mass is 10.2. The van der Waals surface area contributed by atoms with E-state index in [0.29, 0.717) is 5.69 Å². The Morgan fingerprint density at radius 1 is 1.43 bits per heavy atom. The van der Waals surface area contributed by atoms with E-state index in [2.05, 4.69) is 5.32 Å². The fraction of sp³-hybridized carbons (Fsp3) is 0.143. The zero-order valence-corrected chi connectivity index (χ0v) is 12.9. The number of amides is 1. The number of nitrogens with zero attached hydrogens (tertiary/aromatic N) is 2. The van der Waals surface area contributed by atoms with Crippen LogP contribution in [0, 0.1) is 10.1 Å². The number of hydrogen-bond acceptors (Lipinski definition) is 5. The lowest BCUT2D eigenvalue weighted by molar-refractivity contribution is -0.684. The molecule has 0 spiro atoms. The van der Waals surface area contributed by atoms with Crippen molar-refractivity contribution in [1.82, 2.24) is 0 Å². The molecule has 2 N–H and O–H groups in total. The number of nitro benzene ring substituents is 1. The van der Waals surface area contributed by atoms with Crippen LogP contribution in [0.1, 0.15) is 0 Å². The SMILES string of the molecule is COc1cc([N+](=O)[O-])ccc1NC(=O)C[n+]1cccc(O)c1.[Cl-]. The maximum absolute atomic E-state index is 12.0. The molecule has 0 saturated heterocycles. The van der Waals surface area contributed by atoms with Gasteiger partial charge in [-0.25, -0.2) is 0 Å². The largest absolute Gasteiger partial charge is 1.00 e. The van der Waals surface area contributed by atoms with Gasteiger partial charge in [0.1, 0.15) is 5.75 Å². The molecule has 1 aromatic carbocycles. The van der Waals surface area contributed by atoms with Crippen LogP contribution in [0.2, 0.25) is 0 Å². The highest BCUT2D eigenvalue weighted by Gasteiger charge is 2.15. The third-order valence-corrected chi connectivity index (χ3v) is 2.84. The summed E-state index contributed by atoms with van der Waals surface area (Å²) >= 11 is 0. The molecule has 1 heterocycles. The molecule has 0 unspecified atom stereocenters. The number of hydrogen-bond donors (Lipinski definition) is 2. The lowest BCUT2D eigenvalue weighted by Crippen LogP contribution is -3.00. The maximum Gasteiger partial charge on any atom is 0.290 e. The van der Waals surface area contributed by atoms with Gasteiger partial charge in [-0.15, -0.1) is 0 Å². The molecule has 0 bridgehead atoms. The number of non-ortho nitro benzene ring substituents is 1. The predicted octanol–water partition coefficient (Wildman–Crippen LogP) is -1.76. The summed E-state index contributed by atoms with van der Waals surface area (Å²) < 4.78 is 6.54. The summed E-state index contributed by atoms with van der Waals surface area (Å²) in [5.74, 6) is -0.116. The normalized spacial score (nSPS) is 9.61. The minimum absolute atomic E-state index is 0. The van der Waals surface area contributed by atoms with Crippen molar-refractivity contribution in [2.45, 2.75) is 6.54 Å². The molecule has 0 saturated carbocycles. The highest BCUT2D eigenvalue weighted by molar-refractivity contribution is 5.91. The molecule has 0 aliphatic carbocycles. The van der Waals surface area contributed by atoms with Crippen LogP contribution in [0.25, 0.3) is 0 Å². The van der Waals surface area contributed by atoms with Crippen LogP contribution < -0.4 is 27.0 Å². The Kier molecular flexibility index (Phi) is 6.28. The fourth-order valence-corrected chi connectivity index (χ4v) is 1.86. The van der Waals surface area contributed by atoms with Gasteiger partial charge >= 0.3 is 0 Å². The Morgan fingerprint density at radius 2 is 2.17 bits per heavy atom. The van der Waals surface area contributed by atoms with E-state index in [-0.39, 0.29) is 42.0 Å². The van der Waals surface area contributed by atoms with E-state index in [0.717, 1.165) is 0 Å². The van der Waals surface area contributed by atoms with Crippen molar-refractivity contribution in [2.24, 2.45) is 0 Å². The number of ether oxygens (including phenoxy) is 1. The van der Waals surface area contributed by atoms with Crippen LogP contribution in [-0.4, -0.2) is 23.0 Å². The van der Waals surface area contributed by atoms with Gasteiger partial charge in [0.2, 0.25) is 12.7 Å². The van der Waals surface area contributed by atoms with Gasteiger partial charge in [0.05, 0.1) is 23.8 Å². The van der Waals surface area contributed by atoms with Crippen molar-refractivity contribution >= 4 is 17.3 Å². The van der Waals surface area contributed by atoms with E-state index < -0.39 is 4.92 Å². The average Bonchev–Trinajstić information content (AvgIpc) is 2.47. The fourth-order valence-electron chi connectivity index (χ4n) is 1.86. The zero-order valence-electron chi connectivity index (χ0n) is 12.1. The first kappa shape index (κ1) is 18.2. The number of halogens is 1. The third kappa shape index (κ3) is 4.82. The maximum atomic E-state index is 12.0. The van der Waals surface area contributed by atoms with Crippen LogP contribution in [0.3, 0.4) is 0 Å². The Bertz CT molecular complexity index is 723. The van der Waals surface area contributed by atoms with Crippen molar-refractivity contribution in [3.05, 3.63) is 52.8 Å². The number of carbonyl (C=O) groups is 1. The van der Waals surface area contributed by atoms with E-state index in [9.17, 15) is 20.0 Å². The van der Waals surface area contributed by atoms with Gasteiger partial charge in [-0.2, -0.15) is 4.57 Å². The number of pyridine rings is 1. The van der Waals surface area contributed by atoms with Crippen LogP contribution in [0.5, 0.6) is 11.5 Å². The Morgan fingerprint density at radius 3 is 2.78 bits per heavy atom. The summed E-state index contributed by atoms with van der Waals surface area (Å²) in [5, 5.41) is 22.7. The van der Waals surface area contributed by atoms with Crippen molar-refractivity contribution in [3.63, 3.8) is 0 Å². The molecular formula is C14H14ClN3O5. The third-order valence-electron chi connectivity index (χ3n) is 2.84. The van der Waals surface area contributed by atoms with Gasteiger partial charge in [-0.1, -0.05) is 0 Å². The van der Waals surface area contributed by atoms with E-state index >= 15 is 0 Å². The summed E-state index contributed by atoms with van der Waals surface area (Å²) in [7, 11) is 1.36. The van der Waals surface area contributed by atoms with Crippen molar-refractivity contribution in [1.29, 1.82) is 0 Å². The number of anilines is 1. The van der Waals surface area contributed by atoms with Crippen LogP contribution >= 0.6 is 0 Å². The van der Waals surface area contributed by atoms with E-state index in [1.807, 2.05) is 0 Å². The molecule has 23 heavy (non-hydrogen) atoms. The van der Waals surface area contributed by atoms with E-state index in [1.54, 1.807) is 12.3 Å². The van der Waals surface area contributed by atoms with Gasteiger partial charge in [-0.05, 0) is 12.1 Å². The molecule has 0 fully saturated rings. The van der Waals surface area contributed by atoms with Gasteiger partial charge < -0.3 is 27.6 Å². The van der Waals surface area contributed by atoms with E-state index in [1.165, 1.54) is 42.1 Å². The van der Waals surface area contributed by atoms with Crippen LogP contribution in [0.4, 0.5) is 11.4 Å². The van der Waals surface area contributed by atoms with Gasteiger partial charge in [0, 0.05) is 12.1 Å². The second-order valence-corrected chi connectivity index (χ2v) is 4.42. The predicted molar refractivity (Wildman–Crippen MR) is 76.6 cm³/mol. The molecule has 1 amide bonds. The number of carbonyl (C=O) groups excluding carboxylic acids is 1. The summed E-state index contributed by atoms with van der Waals surface area (Å²) in [6.45, 7) is -0.0193. The van der Waals surface area contributed by atoms with Gasteiger partial charge in [-0.3, -0.25) is 14.9 Å². The Labute approximate surface area is 137 Å². The first-order valence-electron chi connectivity index (χ1n) is 6.30. The molecule has 122 valence electrons. The summed E-state index contributed by atoms with van der Waals surface area (Å²) in [4.78, 5) is 22.1. The zero-order chi connectivity index (χ0) is 16.1. The Hall–Kier alpha value is -2.87. The minimum atomic E-state index is -0.545.